The Morgan fingerprint density at radius 2 is 2.12 bits per heavy atom. The second-order valence-corrected chi connectivity index (χ2v) is 5.12. The van der Waals surface area contributed by atoms with Crippen LogP contribution in [-0.4, -0.2) is 19.2 Å². The largest absolute Gasteiger partial charge is 0.489 e. The van der Waals surface area contributed by atoms with E-state index in [2.05, 4.69) is 48.1 Å². The average Bonchev–Trinajstić information content (AvgIpc) is 2.32. The van der Waals surface area contributed by atoms with Gasteiger partial charge in [-0.3, -0.25) is 0 Å². The van der Waals surface area contributed by atoms with E-state index in [-0.39, 0.29) is 6.10 Å². The molecular formula is C14H22BrNO. The van der Waals surface area contributed by atoms with E-state index in [1.165, 1.54) is 5.56 Å². The van der Waals surface area contributed by atoms with Crippen LogP contribution in [0.15, 0.2) is 22.7 Å². The molecule has 3 heteroatoms. The quantitative estimate of drug-likeness (QED) is 0.771. The van der Waals surface area contributed by atoms with E-state index in [0.717, 1.165) is 36.2 Å². The molecule has 1 N–H and O–H groups in total. The van der Waals surface area contributed by atoms with Crippen LogP contribution in [0.3, 0.4) is 0 Å². The molecule has 0 aromatic heterocycles. The van der Waals surface area contributed by atoms with Gasteiger partial charge in [0.1, 0.15) is 11.9 Å². The third-order valence-electron chi connectivity index (χ3n) is 2.69. The van der Waals surface area contributed by atoms with E-state index < -0.39 is 0 Å². The first-order valence-electron chi connectivity index (χ1n) is 6.30. The van der Waals surface area contributed by atoms with Crippen molar-refractivity contribution < 1.29 is 4.74 Å². The third-order valence-corrected chi connectivity index (χ3v) is 3.58. The smallest absolute Gasteiger partial charge is 0.120 e. The van der Waals surface area contributed by atoms with Gasteiger partial charge in [0.05, 0.1) is 0 Å². The van der Waals surface area contributed by atoms with Gasteiger partial charge in [-0.15, -0.1) is 0 Å². The second-order valence-electron chi connectivity index (χ2n) is 4.26. The van der Waals surface area contributed by atoms with Gasteiger partial charge in [0, 0.05) is 11.0 Å². The predicted octanol–water partition coefficient (Wildman–Crippen LogP) is 3.91. The molecule has 1 atom stereocenters. The first kappa shape index (κ1) is 14.5. The monoisotopic (exact) mass is 299 g/mol. The van der Waals surface area contributed by atoms with Gasteiger partial charge < -0.3 is 10.1 Å². The highest BCUT2D eigenvalue weighted by Crippen LogP contribution is 2.22. The molecule has 0 fully saturated rings. The number of rotatable bonds is 7. The number of ether oxygens (including phenoxy) is 1. The van der Waals surface area contributed by atoms with Crippen molar-refractivity contribution in [2.24, 2.45) is 0 Å². The minimum Gasteiger partial charge on any atom is -0.489 e. The van der Waals surface area contributed by atoms with Gasteiger partial charge in [-0.05, 0) is 50.1 Å². The summed E-state index contributed by atoms with van der Waals surface area (Å²) in [5.74, 6) is 0.954. The molecule has 1 unspecified atom stereocenters. The van der Waals surface area contributed by atoms with Crippen LogP contribution < -0.4 is 10.1 Å². The molecule has 1 aromatic carbocycles. The maximum atomic E-state index is 5.96. The molecule has 0 spiro atoms. The lowest BCUT2D eigenvalue weighted by molar-refractivity contribution is 0.193. The van der Waals surface area contributed by atoms with Crippen LogP contribution in [0, 0.1) is 6.92 Å². The van der Waals surface area contributed by atoms with Gasteiger partial charge in [0.15, 0.2) is 0 Å². The zero-order chi connectivity index (χ0) is 12.7. The standard InChI is InChI=1S/C14H22BrNO/c1-4-8-16-10-12(5-2)17-13-6-7-14(15)11(3)9-13/h6-7,9,12,16H,4-5,8,10H2,1-3H3. The predicted molar refractivity (Wildman–Crippen MR) is 76.7 cm³/mol. The number of hydrogen-bond acceptors (Lipinski definition) is 2. The van der Waals surface area contributed by atoms with Crippen LogP contribution in [0.1, 0.15) is 32.3 Å². The highest BCUT2D eigenvalue weighted by Gasteiger charge is 2.08. The molecular weight excluding hydrogens is 278 g/mol. The van der Waals surface area contributed by atoms with E-state index in [9.17, 15) is 0 Å². The molecule has 0 heterocycles. The molecule has 0 amide bonds. The van der Waals surface area contributed by atoms with Crippen LogP contribution in [-0.2, 0) is 0 Å². The molecule has 0 aliphatic rings. The highest BCUT2D eigenvalue weighted by molar-refractivity contribution is 9.10. The Morgan fingerprint density at radius 3 is 2.71 bits per heavy atom. The van der Waals surface area contributed by atoms with Crippen molar-refractivity contribution in [2.45, 2.75) is 39.7 Å². The Bertz CT molecular complexity index is 341. The van der Waals surface area contributed by atoms with E-state index in [0.29, 0.717) is 0 Å². The molecule has 17 heavy (non-hydrogen) atoms. The van der Waals surface area contributed by atoms with Gasteiger partial charge in [0.25, 0.3) is 0 Å². The van der Waals surface area contributed by atoms with E-state index in [1.807, 2.05) is 12.1 Å². The number of halogens is 1. The summed E-state index contributed by atoms with van der Waals surface area (Å²) in [7, 11) is 0. The minimum absolute atomic E-state index is 0.252. The summed E-state index contributed by atoms with van der Waals surface area (Å²) in [5.41, 5.74) is 1.21. The van der Waals surface area contributed by atoms with E-state index in [4.69, 9.17) is 4.74 Å². The summed E-state index contributed by atoms with van der Waals surface area (Å²) in [6.45, 7) is 8.38. The maximum absolute atomic E-state index is 5.96. The molecule has 0 aliphatic heterocycles. The Labute approximate surface area is 113 Å². The summed E-state index contributed by atoms with van der Waals surface area (Å²) in [6, 6.07) is 6.13. The SMILES string of the molecule is CCCNCC(CC)Oc1ccc(Br)c(C)c1. The lowest BCUT2D eigenvalue weighted by Gasteiger charge is -2.18. The van der Waals surface area contributed by atoms with Crippen molar-refractivity contribution in [1.29, 1.82) is 0 Å². The Morgan fingerprint density at radius 1 is 1.35 bits per heavy atom. The first-order valence-corrected chi connectivity index (χ1v) is 7.10. The normalized spacial score (nSPS) is 12.5. The molecule has 0 bridgehead atoms. The fourth-order valence-corrected chi connectivity index (χ4v) is 1.84. The van der Waals surface area contributed by atoms with Crippen LogP contribution in [0.2, 0.25) is 0 Å². The molecule has 0 aliphatic carbocycles. The van der Waals surface area contributed by atoms with Crippen LogP contribution >= 0.6 is 15.9 Å². The van der Waals surface area contributed by atoms with Gasteiger partial charge in [-0.25, -0.2) is 0 Å². The molecule has 1 rings (SSSR count). The average molecular weight is 300 g/mol. The van der Waals surface area contributed by atoms with Crippen molar-refractivity contribution in [3.05, 3.63) is 28.2 Å². The lowest BCUT2D eigenvalue weighted by atomic mass is 10.2. The summed E-state index contributed by atoms with van der Waals surface area (Å²) >= 11 is 3.50. The Balaban J connectivity index is 2.51. The second kappa shape index (κ2) is 7.72. The van der Waals surface area contributed by atoms with Crippen molar-refractivity contribution in [2.75, 3.05) is 13.1 Å². The molecule has 0 saturated heterocycles. The number of aryl methyl sites for hydroxylation is 1. The van der Waals surface area contributed by atoms with Crippen LogP contribution in [0.5, 0.6) is 5.75 Å². The van der Waals surface area contributed by atoms with Crippen LogP contribution in [0.25, 0.3) is 0 Å². The van der Waals surface area contributed by atoms with Crippen LogP contribution in [0.4, 0.5) is 0 Å². The van der Waals surface area contributed by atoms with Crippen molar-refractivity contribution >= 4 is 15.9 Å². The molecule has 0 radical (unpaired) electrons. The van der Waals surface area contributed by atoms with E-state index >= 15 is 0 Å². The lowest BCUT2D eigenvalue weighted by Crippen LogP contribution is -2.31. The summed E-state index contributed by atoms with van der Waals surface area (Å²) < 4.78 is 7.09. The van der Waals surface area contributed by atoms with Gasteiger partial charge in [-0.1, -0.05) is 29.8 Å². The first-order chi connectivity index (χ1) is 8.17. The summed E-state index contributed by atoms with van der Waals surface area (Å²) in [5, 5.41) is 3.40. The van der Waals surface area contributed by atoms with Crippen molar-refractivity contribution in [1.82, 2.24) is 5.32 Å². The van der Waals surface area contributed by atoms with Gasteiger partial charge >= 0.3 is 0 Å². The van der Waals surface area contributed by atoms with E-state index in [1.54, 1.807) is 0 Å². The van der Waals surface area contributed by atoms with Crippen molar-refractivity contribution in [3.63, 3.8) is 0 Å². The molecule has 0 saturated carbocycles. The molecule has 1 aromatic rings. The Hall–Kier alpha value is -0.540. The summed E-state index contributed by atoms with van der Waals surface area (Å²) in [6.07, 6.45) is 2.43. The van der Waals surface area contributed by atoms with Gasteiger partial charge in [0.2, 0.25) is 0 Å². The minimum atomic E-state index is 0.252. The molecule has 96 valence electrons. The highest BCUT2D eigenvalue weighted by atomic mass is 79.9. The maximum Gasteiger partial charge on any atom is 0.120 e. The summed E-state index contributed by atoms with van der Waals surface area (Å²) in [4.78, 5) is 0. The number of hydrogen-bond donors (Lipinski definition) is 1. The number of nitrogens with one attached hydrogen (secondary N) is 1. The Kier molecular flexibility index (Phi) is 6.60. The zero-order valence-electron chi connectivity index (χ0n) is 10.9. The zero-order valence-corrected chi connectivity index (χ0v) is 12.5. The third kappa shape index (κ3) is 5.09. The van der Waals surface area contributed by atoms with Gasteiger partial charge in [-0.2, -0.15) is 0 Å². The molecule has 2 nitrogen and oxygen atoms in total. The fourth-order valence-electron chi connectivity index (χ4n) is 1.59. The number of benzene rings is 1. The topological polar surface area (TPSA) is 21.3 Å². The fraction of sp³-hybridized carbons (Fsp3) is 0.571. The van der Waals surface area contributed by atoms with Crippen molar-refractivity contribution in [3.8, 4) is 5.75 Å².